The fourth-order valence-electron chi connectivity index (χ4n) is 1.85. The van der Waals surface area contributed by atoms with Crippen LogP contribution in [-0.2, 0) is 14.4 Å². The van der Waals surface area contributed by atoms with E-state index in [-0.39, 0.29) is 30.7 Å². The van der Waals surface area contributed by atoms with E-state index in [0.717, 1.165) is 0 Å². The van der Waals surface area contributed by atoms with E-state index in [4.69, 9.17) is 10.8 Å². The molecular weight excluding hydrogens is 238 g/mol. The van der Waals surface area contributed by atoms with Gasteiger partial charge in [0.25, 0.3) is 0 Å². The maximum atomic E-state index is 11.7. The average Bonchev–Trinajstić information content (AvgIpc) is 2.30. The Kier molecular flexibility index (Phi) is 5.08. The third kappa shape index (κ3) is 4.33. The Labute approximate surface area is 105 Å². The number of nitrogens with one attached hydrogen (secondary N) is 1. The SMILES string of the molecule is CN1CC(NC(=O)C(N)CCC(=O)O)CCC1=O. The first kappa shape index (κ1) is 14.4. The molecular formula is C11H19N3O4. The number of carbonyl (C=O) groups is 3. The van der Waals surface area contributed by atoms with E-state index in [2.05, 4.69) is 5.32 Å². The van der Waals surface area contributed by atoms with E-state index >= 15 is 0 Å². The number of likely N-dealkylation sites (tertiary alicyclic amines) is 1. The molecule has 7 heteroatoms. The van der Waals surface area contributed by atoms with Crippen LogP contribution in [0.1, 0.15) is 25.7 Å². The summed E-state index contributed by atoms with van der Waals surface area (Å²) in [6.07, 6.45) is 0.993. The number of aliphatic carboxylic acids is 1. The normalized spacial score (nSPS) is 21.6. The van der Waals surface area contributed by atoms with Gasteiger partial charge in [-0.25, -0.2) is 0 Å². The quantitative estimate of drug-likeness (QED) is 0.579. The van der Waals surface area contributed by atoms with Crippen molar-refractivity contribution in [3.63, 3.8) is 0 Å². The van der Waals surface area contributed by atoms with Crippen LogP contribution in [0.5, 0.6) is 0 Å². The molecule has 2 unspecified atom stereocenters. The van der Waals surface area contributed by atoms with Crippen LogP contribution >= 0.6 is 0 Å². The molecule has 2 amide bonds. The van der Waals surface area contributed by atoms with Crippen molar-refractivity contribution in [2.75, 3.05) is 13.6 Å². The highest BCUT2D eigenvalue weighted by atomic mass is 16.4. The fourth-order valence-corrected chi connectivity index (χ4v) is 1.85. The highest BCUT2D eigenvalue weighted by Crippen LogP contribution is 2.09. The Hall–Kier alpha value is -1.63. The van der Waals surface area contributed by atoms with Gasteiger partial charge in [0.1, 0.15) is 0 Å². The van der Waals surface area contributed by atoms with Gasteiger partial charge in [0.05, 0.1) is 6.04 Å². The summed E-state index contributed by atoms with van der Waals surface area (Å²) in [5.41, 5.74) is 5.59. The number of amides is 2. The van der Waals surface area contributed by atoms with Crippen LogP contribution in [0.2, 0.25) is 0 Å². The van der Waals surface area contributed by atoms with Crippen LogP contribution in [-0.4, -0.2) is 53.5 Å². The van der Waals surface area contributed by atoms with Crippen molar-refractivity contribution in [1.82, 2.24) is 10.2 Å². The third-order valence-electron chi connectivity index (χ3n) is 2.98. The molecule has 0 bridgehead atoms. The second-order valence-electron chi connectivity index (χ2n) is 4.56. The van der Waals surface area contributed by atoms with E-state index in [1.807, 2.05) is 0 Å². The highest BCUT2D eigenvalue weighted by Gasteiger charge is 2.25. The Bertz CT molecular complexity index is 345. The number of nitrogens with zero attached hydrogens (tertiary/aromatic N) is 1. The minimum absolute atomic E-state index is 0.0654. The topological polar surface area (TPSA) is 113 Å². The Morgan fingerprint density at radius 2 is 2.28 bits per heavy atom. The van der Waals surface area contributed by atoms with Crippen LogP contribution in [0.25, 0.3) is 0 Å². The molecule has 1 fully saturated rings. The number of rotatable bonds is 5. The van der Waals surface area contributed by atoms with Gasteiger partial charge in [-0.2, -0.15) is 0 Å². The molecule has 1 rings (SSSR count). The van der Waals surface area contributed by atoms with Gasteiger partial charge in [-0.1, -0.05) is 0 Å². The summed E-state index contributed by atoms with van der Waals surface area (Å²) < 4.78 is 0. The number of hydrogen-bond acceptors (Lipinski definition) is 4. The summed E-state index contributed by atoms with van der Waals surface area (Å²) in [5.74, 6) is -1.26. The predicted molar refractivity (Wildman–Crippen MR) is 63.6 cm³/mol. The number of likely N-dealkylation sites (N-methyl/N-ethyl adjacent to an activating group) is 1. The molecule has 7 nitrogen and oxygen atoms in total. The Balaban J connectivity index is 2.35. The van der Waals surface area contributed by atoms with Crippen molar-refractivity contribution in [2.45, 2.75) is 37.8 Å². The van der Waals surface area contributed by atoms with Gasteiger partial charge in [-0.3, -0.25) is 14.4 Å². The molecule has 1 aliphatic heterocycles. The maximum absolute atomic E-state index is 11.7. The highest BCUT2D eigenvalue weighted by molar-refractivity contribution is 5.83. The average molecular weight is 257 g/mol. The lowest BCUT2D eigenvalue weighted by atomic mass is 10.0. The van der Waals surface area contributed by atoms with Crippen LogP contribution in [0.15, 0.2) is 0 Å². The van der Waals surface area contributed by atoms with Crippen molar-refractivity contribution < 1.29 is 19.5 Å². The molecule has 0 radical (unpaired) electrons. The van der Waals surface area contributed by atoms with Crippen LogP contribution in [0.3, 0.4) is 0 Å². The van der Waals surface area contributed by atoms with Gasteiger partial charge in [-0.05, 0) is 12.8 Å². The zero-order chi connectivity index (χ0) is 13.7. The molecule has 2 atom stereocenters. The number of carboxylic acids is 1. The van der Waals surface area contributed by atoms with E-state index in [9.17, 15) is 14.4 Å². The lowest BCUT2D eigenvalue weighted by molar-refractivity contribution is -0.137. The molecule has 0 saturated carbocycles. The molecule has 0 aromatic rings. The van der Waals surface area contributed by atoms with Gasteiger partial charge in [0, 0.05) is 32.5 Å². The first-order chi connectivity index (χ1) is 8.40. The lowest BCUT2D eigenvalue weighted by Gasteiger charge is -2.30. The molecule has 18 heavy (non-hydrogen) atoms. The first-order valence-electron chi connectivity index (χ1n) is 5.92. The molecule has 0 aliphatic carbocycles. The monoisotopic (exact) mass is 257 g/mol. The zero-order valence-corrected chi connectivity index (χ0v) is 10.4. The molecule has 4 N–H and O–H groups in total. The molecule has 1 heterocycles. The van der Waals surface area contributed by atoms with E-state index in [0.29, 0.717) is 19.4 Å². The summed E-state index contributed by atoms with van der Waals surface area (Å²) in [4.78, 5) is 34.9. The first-order valence-corrected chi connectivity index (χ1v) is 5.92. The van der Waals surface area contributed by atoms with Crippen molar-refractivity contribution in [2.24, 2.45) is 5.73 Å². The Morgan fingerprint density at radius 3 is 2.83 bits per heavy atom. The smallest absolute Gasteiger partial charge is 0.303 e. The van der Waals surface area contributed by atoms with Crippen LogP contribution in [0, 0.1) is 0 Å². The molecule has 0 aromatic heterocycles. The summed E-state index contributed by atoms with van der Waals surface area (Å²) in [7, 11) is 1.69. The van der Waals surface area contributed by atoms with Crippen LogP contribution < -0.4 is 11.1 Å². The second kappa shape index (κ2) is 6.34. The second-order valence-corrected chi connectivity index (χ2v) is 4.56. The van der Waals surface area contributed by atoms with E-state index < -0.39 is 12.0 Å². The summed E-state index contributed by atoms with van der Waals surface area (Å²) in [6, 6.07) is -0.917. The van der Waals surface area contributed by atoms with Crippen molar-refractivity contribution in [3.8, 4) is 0 Å². The summed E-state index contributed by atoms with van der Waals surface area (Å²) >= 11 is 0. The largest absolute Gasteiger partial charge is 0.481 e. The number of hydrogen-bond donors (Lipinski definition) is 3. The van der Waals surface area contributed by atoms with Gasteiger partial charge >= 0.3 is 5.97 Å². The maximum Gasteiger partial charge on any atom is 0.303 e. The summed E-state index contributed by atoms with van der Waals surface area (Å²) in [5, 5.41) is 11.2. The number of carbonyl (C=O) groups excluding carboxylic acids is 2. The van der Waals surface area contributed by atoms with Crippen molar-refractivity contribution in [3.05, 3.63) is 0 Å². The predicted octanol–water partition coefficient (Wildman–Crippen LogP) is -1.08. The van der Waals surface area contributed by atoms with Gasteiger partial charge < -0.3 is 21.1 Å². The van der Waals surface area contributed by atoms with Crippen LogP contribution in [0.4, 0.5) is 0 Å². The third-order valence-corrected chi connectivity index (χ3v) is 2.98. The minimum atomic E-state index is -0.971. The lowest BCUT2D eigenvalue weighted by Crippen LogP contribution is -2.52. The van der Waals surface area contributed by atoms with Gasteiger partial charge in [-0.15, -0.1) is 0 Å². The molecule has 1 saturated heterocycles. The van der Waals surface area contributed by atoms with Crippen molar-refractivity contribution in [1.29, 1.82) is 0 Å². The standard InChI is InChI=1S/C11H19N3O4/c1-14-6-7(2-4-9(14)15)13-11(18)8(12)3-5-10(16)17/h7-8H,2-6,12H2,1H3,(H,13,18)(H,16,17). The zero-order valence-electron chi connectivity index (χ0n) is 10.4. The molecule has 0 aromatic carbocycles. The fraction of sp³-hybridized carbons (Fsp3) is 0.727. The van der Waals surface area contributed by atoms with Gasteiger partial charge in [0.2, 0.25) is 11.8 Å². The number of piperidine rings is 1. The molecule has 0 spiro atoms. The number of carboxylic acid groups (broad SMARTS) is 1. The minimum Gasteiger partial charge on any atom is -0.481 e. The van der Waals surface area contributed by atoms with Crippen molar-refractivity contribution >= 4 is 17.8 Å². The number of nitrogens with two attached hydrogens (primary N) is 1. The molecule has 102 valence electrons. The van der Waals surface area contributed by atoms with E-state index in [1.54, 1.807) is 11.9 Å². The molecule has 1 aliphatic rings. The summed E-state index contributed by atoms with van der Waals surface area (Å²) in [6.45, 7) is 0.468. The van der Waals surface area contributed by atoms with Gasteiger partial charge in [0.15, 0.2) is 0 Å². The Morgan fingerprint density at radius 1 is 1.61 bits per heavy atom. The van der Waals surface area contributed by atoms with E-state index in [1.165, 1.54) is 0 Å².